The molecular formula is C20H28N+. The molecule has 1 heterocycles. The molecule has 1 nitrogen and oxygen atoms in total. The molecule has 0 N–H and O–H groups in total. The van der Waals surface area contributed by atoms with Crippen molar-refractivity contribution in [1.29, 1.82) is 0 Å². The largest absolute Gasteiger partial charge is 0.212 e. The molecule has 2 rings (SSSR count). The second kappa shape index (κ2) is 6.01. The van der Waals surface area contributed by atoms with Gasteiger partial charge in [-0.25, -0.2) is 4.57 Å². The molecule has 0 amide bonds. The van der Waals surface area contributed by atoms with E-state index in [0.29, 0.717) is 16.8 Å². The Hall–Kier alpha value is -1.63. The van der Waals surface area contributed by atoms with Gasteiger partial charge in [0.25, 0.3) is 0 Å². The lowest BCUT2D eigenvalue weighted by molar-refractivity contribution is -0.660. The molecule has 1 aromatic heterocycles. The summed E-state index contributed by atoms with van der Waals surface area (Å²) in [5.74, 6) is -4.09. The SMILES string of the molecule is [2H]C([2H])([2H])c1cc(C)c(-c2cc(C([2H])(C)C([2H])([2H])[2H])cc[n+]2C)cc1C([2H])(C)C([2H])([2H])[2H]. The van der Waals surface area contributed by atoms with Gasteiger partial charge in [0.15, 0.2) is 6.20 Å². The lowest BCUT2D eigenvalue weighted by Gasteiger charge is -2.15. The zero-order valence-corrected chi connectivity index (χ0v) is 12.8. The molecule has 2 unspecified atom stereocenters. The summed E-state index contributed by atoms with van der Waals surface area (Å²) in [5.41, 5.74) is 1.33. The van der Waals surface area contributed by atoms with Crippen LogP contribution in [-0.4, -0.2) is 0 Å². The van der Waals surface area contributed by atoms with Crippen molar-refractivity contribution >= 4 is 0 Å². The van der Waals surface area contributed by atoms with Gasteiger partial charge in [-0.1, -0.05) is 33.6 Å². The first-order valence-corrected chi connectivity index (χ1v) is 6.78. The highest BCUT2D eigenvalue weighted by Crippen LogP contribution is 2.29. The molecule has 0 radical (unpaired) electrons. The molecule has 0 bridgehead atoms. The standard InChI is InChI=1S/C20H28N/c1-13(2)17-8-9-21(7)20(11-17)19-12-18(14(3)4)15(5)10-16(19)6/h8-14H,1-7H3/q+1/i1D3,3D3,5D3,13D,14D. The van der Waals surface area contributed by atoms with Gasteiger partial charge in [-0.05, 0) is 53.9 Å². The average Bonchev–Trinajstić information content (AvgIpc) is 2.59. The maximum Gasteiger partial charge on any atom is 0.212 e. The Bertz CT molecular complexity index is 1010. The number of aromatic nitrogens is 1. The van der Waals surface area contributed by atoms with Crippen molar-refractivity contribution in [2.24, 2.45) is 7.05 Å². The van der Waals surface area contributed by atoms with E-state index in [1.165, 1.54) is 31.2 Å². The van der Waals surface area contributed by atoms with Crippen LogP contribution in [0.15, 0.2) is 30.5 Å². The molecule has 1 aromatic carbocycles. The summed E-state index contributed by atoms with van der Waals surface area (Å²) in [7, 11) is 1.70. The molecule has 2 atom stereocenters. The second-order valence-electron chi connectivity index (χ2n) is 5.37. The van der Waals surface area contributed by atoms with Crippen molar-refractivity contribution in [3.63, 3.8) is 0 Å². The number of pyridine rings is 1. The quantitative estimate of drug-likeness (QED) is 0.698. The van der Waals surface area contributed by atoms with Crippen LogP contribution in [0.1, 0.15) is 76.7 Å². The predicted molar refractivity (Wildman–Crippen MR) is 90.7 cm³/mol. The molecule has 0 saturated heterocycles. The van der Waals surface area contributed by atoms with Crippen LogP contribution in [-0.2, 0) is 7.05 Å². The first-order chi connectivity index (χ1) is 14.1. The van der Waals surface area contributed by atoms with Crippen molar-refractivity contribution in [2.45, 2.75) is 53.1 Å². The molecule has 2 aromatic rings. The van der Waals surface area contributed by atoms with Crippen LogP contribution in [0.5, 0.6) is 0 Å². The van der Waals surface area contributed by atoms with E-state index < -0.39 is 32.3 Å². The van der Waals surface area contributed by atoms with Crippen LogP contribution < -0.4 is 4.57 Å². The third-order valence-corrected chi connectivity index (χ3v) is 3.63. The van der Waals surface area contributed by atoms with Crippen molar-refractivity contribution in [3.05, 3.63) is 52.7 Å². The van der Waals surface area contributed by atoms with Gasteiger partial charge < -0.3 is 0 Å². The van der Waals surface area contributed by atoms with Crippen LogP contribution in [0, 0.1) is 13.8 Å². The first-order valence-electron chi connectivity index (χ1n) is 12.3. The van der Waals surface area contributed by atoms with Crippen molar-refractivity contribution in [1.82, 2.24) is 0 Å². The molecule has 0 aliphatic heterocycles. The molecule has 0 spiro atoms. The van der Waals surface area contributed by atoms with Crippen LogP contribution in [0.4, 0.5) is 0 Å². The Balaban J connectivity index is 2.89. The Labute approximate surface area is 145 Å². The van der Waals surface area contributed by atoms with Gasteiger partial charge in [-0.3, -0.25) is 0 Å². The zero-order chi connectivity index (χ0) is 25.1. The Morgan fingerprint density at radius 3 is 2.52 bits per heavy atom. The van der Waals surface area contributed by atoms with Crippen LogP contribution in [0.25, 0.3) is 11.3 Å². The molecule has 0 fully saturated rings. The van der Waals surface area contributed by atoms with Gasteiger partial charge in [0.2, 0.25) is 5.69 Å². The number of rotatable bonds is 3. The molecule has 0 aliphatic rings. The van der Waals surface area contributed by atoms with Crippen LogP contribution >= 0.6 is 0 Å². The lowest BCUT2D eigenvalue weighted by atomic mass is 9.91. The smallest absolute Gasteiger partial charge is 0.201 e. The summed E-state index contributed by atoms with van der Waals surface area (Å²) in [4.78, 5) is 0. The van der Waals surface area contributed by atoms with E-state index in [9.17, 15) is 0 Å². The van der Waals surface area contributed by atoms with Gasteiger partial charge in [-0.15, -0.1) is 0 Å². The fourth-order valence-corrected chi connectivity index (χ4v) is 2.36. The minimum absolute atomic E-state index is 0.145. The monoisotopic (exact) mass is 293 g/mol. The number of hydrogen-bond acceptors (Lipinski definition) is 0. The number of benzene rings is 1. The normalized spacial score (nSPS) is 26.6. The van der Waals surface area contributed by atoms with Crippen molar-refractivity contribution in [3.8, 4) is 11.3 Å². The number of hydrogen-bond donors (Lipinski definition) is 0. The predicted octanol–water partition coefficient (Wildman–Crippen LogP) is 5.04. The summed E-state index contributed by atoms with van der Waals surface area (Å²) in [6, 6.07) is 5.84. The summed E-state index contributed by atoms with van der Waals surface area (Å²) in [6.45, 7) is -3.88. The second-order valence-corrected chi connectivity index (χ2v) is 5.37. The van der Waals surface area contributed by atoms with Crippen molar-refractivity contribution in [2.75, 3.05) is 0 Å². The average molecular weight is 294 g/mol. The van der Waals surface area contributed by atoms with Crippen LogP contribution in [0.3, 0.4) is 0 Å². The summed E-state index contributed by atoms with van der Waals surface area (Å²) in [5, 5.41) is 0. The zero-order valence-electron chi connectivity index (χ0n) is 23.8. The van der Waals surface area contributed by atoms with Gasteiger partial charge in [0.05, 0.1) is 0 Å². The fourth-order valence-electron chi connectivity index (χ4n) is 2.36. The van der Waals surface area contributed by atoms with Gasteiger partial charge >= 0.3 is 0 Å². The van der Waals surface area contributed by atoms with E-state index in [-0.39, 0.29) is 16.7 Å². The molecule has 0 aliphatic carbocycles. The highest BCUT2D eigenvalue weighted by Gasteiger charge is 2.17. The van der Waals surface area contributed by atoms with Gasteiger partial charge in [0.1, 0.15) is 7.05 Å². The molecule has 21 heavy (non-hydrogen) atoms. The first kappa shape index (κ1) is 6.64. The summed E-state index contributed by atoms with van der Waals surface area (Å²) < 4.78 is 88.7. The summed E-state index contributed by atoms with van der Waals surface area (Å²) in [6.07, 6.45) is 1.60. The number of aryl methyl sites for hydroxylation is 3. The minimum atomic E-state index is -2.79. The third-order valence-electron chi connectivity index (χ3n) is 3.63. The van der Waals surface area contributed by atoms with E-state index in [2.05, 4.69) is 0 Å². The summed E-state index contributed by atoms with van der Waals surface area (Å²) >= 11 is 0. The van der Waals surface area contributed by atoms with Crippen molar-refractivity contribution < 1.29 is 19.6 Å². The van der Waals surface area contributed by atoms with Gasteiger partial charge in [0, 0.05) is 32.8 Å². The van der Waals surface area contributed by atoms with Crippen LogP contribution in [0.2, 0.25) is 0 Å². The highest BCUT2D eigenvalue weighted by atomic mass is 14.9. The minimum Gasteiger partial charge on any atom is -0.201 e. The van der Waals surface area contributed by atoms with E-state index in [1.807, 2.05) is 0 Å². The fraction of sp³-hybridized carbons (Fsp3) is 0.450. The van der Waals surface area contributed by atoms with E-state index in [4.69, 9.17) is 15.1 Å². The molecular weight excluding hydrogens is 254 g/mol. The Morgan fingerprint density at radius 1 is 1.10 bits per heavy atom. The third kappa shape index (κ3) is 3.18. The number of nitrogens with zero attached hydrogens (tertiary/aromatic N) is 1. The Morgan fingerprint density at radius 2 is 1.86 bits per heavy atom. The lowest BCUT2D eigenvalue weighted by Crippen LogP contribution is -2.31. The van der Waals surface area contributed by atoms with E-state index in [1.54, 1.807) is 24.7 Å². The van der Waals surface area contributed by atoms with E-state index in [0.717, 1.165) is 6.92 Å². The van der Waals surface area contributed by atoms with Gasteiger partial charge in [-0.2, -0.15) is 0 Å². The maximum atomic E-state index is 8.52. The van der Waals surface area contributed by atoms with E-state index >= 15 is 0 Å². The Kier molecular flexibility index (Phi) is 1.90. The molecule has 1 heteroatoms. The maximum absolute atomic E-state index is 8.52. The topological polar surface area (TPSA) is 3.88 Å². The highest BCUT2D eigenvalue weighted by molar-refractivity contribution is 5.64. The molecule has 112 valence electrons. The molecule has 0 saturated carbocycles.